The molecule has 4 aliphatic carbocycles. The molecule has 1 aromatic carbocycles. The van der Waals surface area contributed by atoms with Gasteiger partial charge in [0.05, 0.1) is 29.1 Å². The lowest BCUT2D eigenvalue weighted by Gasteiger charge is -2.73. The minimum atomic E-state index is -1.87. The van der Waals surface area contributed by atoms with Gasteiger partial charge in [0.25, 0.3) is 0 Å². The largest absolute Gasteiger partial charge is 0.467 e. The highest BCUT2D eigenvalue weighted by atomic mass is 35.5. The second-order valence-corrected chi connectivity index (χ2v) is 18.5. The van der Waals surface area contributed by atoms with Crippen LogP contribution in [0, 0.1) is 39.4 Å². The number of allylic oxidation sites excluding steroid dienone is 1. The molecule has 54 heavy (non-hydrogen) atoms. The molecular weight excluding hydrogens is 740 g/mol. The molecule has 4 unspecified atom stereocenters. The molecule has 7 rings (SSSR count). The van der Waals surface area contributed by atoms with Crippen molar-refractivity contribution in [1.82, 2.24) is 0 Å². The molecule has 294 valence electrons. The Kier molecular flexibility index (Phi) is 9.41. The van der Waals surface area contributed by atoms with E-state index in [0.717, 1.165) is 0 Å². The number of ether oxygens (including phenoxy) is 5. The van der Waals surface area contributed by atoms with E-state index < -0.39 is 98.2 Å². The molecule has 6 aliphatic rings. The Labute approximate surface area is 322 Å². The van der Waals surface area contributed by atoms with Crippen LogP contribution in [0.1, 0.15) is 73.6 Å². The van der Waals surface area contributed by atoms with Crippen LogP contribution in [0.15, 0.2) is 53.5 Å². The summed E-state index contributed by atoms with van der Waals surface area (Å²) in [7, 11) is 1.23. The molecule has 0 aromatic heterocycles. The number of methoxy groups -OCH3 is 1. The lowest BCUT2D eigenvalue weighted by Crippen LogP contribution is -2.82. The van der Waals surface area contributed by atoms with Gasteiger partial charge in [-0.3, -0.25) is 13.8 Å². The van der Waals surface area contributed by atoms with Gasteiger partial charge in [-0.15, -0.1) is 0 Å². The number of aliphatic hydroxyl groups is 1. The van der Waals surface area contributed by atoms with Crippen molar-refractivity contribution in [3.63, 3.8) is 0 Å². The molecular formula is C40H49ClO12S. The van der Waals surface area contributed by atoms with E-state index in [0.29, 0.717) is 41.2 Å². The van der Waals surface area contributed by atoms with Crippen molar-refractivity contribution in [3.05, 3.63) is 53.6 Å². The van der Waals surface area contributed by atoms with Gasteiger partial charge >= 0.3 is 23.9 Å². The Balaban J connectivity index is 1.37. The van der Waals surface area contributed by atoms with Gasteiger partial charge in [0.1, 0.15) is 18.8 Å². The van der Waals surface area contributed by atoms with Crippen molar-refractivity contribution in [3.8, 4) is 0 Å². The zero-order chi connectivity index (χ0) is 39.4. The molecule has 4 saturated carbocycles. The van der Waals surface area contributed by atoms with Crippen molar-refractivity contribution in [1.29, 1.82) is 0 Å². The lowest BCUT2D eigenvalue weighted by atomic mass is 9.32. The summed E-state index contributed by atoms with van der Waals surface area (Å²) < 4.78 is 49.7. The van der Waals surface area contributed by atoms with Gasteiger partial charge in [0, 0.05) is 42.2 Å². The molecule has 0 amide bonds. The van der Waals surface area contributed by atoms with Crippen LogP contribution in [-0.4, -0.2) is 82.5 Å². The molecule has 2 heterocycles. The van der Waals surface area contributed by atoms with Crippen LogP contribution in [0.3, 0.4) is 0 Å². The lowest BCUT2D eigenvalue weighted by molar-refractivity contribution is -0.336. The summed E-state index contributed by atoms with van der Waals surface area (Å²) in [6, 6.07) is 6.56. The second kappa shape index (κ2) is 13.0. The van der Waals surface area contributed by atoms with Gasteiger partial charge in [-0.25, -0.2) is 13.8 Å². The fourth-order valence-electron chi connectivity index (χ4n) is 12.4. The third-order valence-corrected chi connectivity index (χ3v) is 16.1. The van der Waals surface area contributed by atoms with Gasteiger partial charge in [0.2, 0.25) is 5.60 Å². The minimum Gasteiger partial charge on any atom is -0.467 e. The summed E-state index contributed by atoms with van der Waals surface area (Å²) in [5.41, 5.74) is -7.14. The van der Waals surface area contributed by atoms with Crippen LogP contribution >= 0.6 is 11.6 Å². The monoisotopic (exact) mass is 788 g/mol. The van der Waals surface area contributed by atoms with E-state index in [1.165, 1.54) is 27.0 Å². The Morgan fingerprint density at radius 1 is 1.02 bits per heavy atom. The molecule has 5 fully saturated rings. The number of carbonyl (C=O) groups is 4. The second-order valence-electron chi connectivity index (χ2n) is 16.9. The molecule has 1 aromatic rings. The zero-order valence-corrected chi connectivity index (χ0v) is 33.3. The van der Waals surface area contributed by atoms with E-state index in [4.69, 9.17) is 39.5 Å². The van der Waals surface area contributed by atoms with Gasteiger partial charge in [0.15, 0.2) is 17.2 Å². The topological polar surface area (TPSA) is 164 Å². The van der Waals surface area contributed by atoms with Crippen LogP contribution in [0.25, 0.3) is 0 Å². The maximum absolute atomic E-state index is 13.8. The summed E-state index contributed by atoms with van der Waals surface area (Å²) in [6.07, 6.45) is 1.30. The van der Waals surface area contributed by atoms with E-state index in [2.05, 4.69) is 13.5 Å². The average molecular weight is 789 g/mol. The van der Waals surface area contributed by atoms with Crippen molar-refractivity contribution in [2.24, 2.45) is 39.4 Å². The normalized spacial score (nSPS) is 44.3. The van der Waals surface area contributed by atoms with Gasteiger partial charge in [-0.1, -0.05) is 38.1 Å². The predicted octanol–water partition coefficient (Wildman–Crippen LogP) is 5.20. The number of carbonyl (C=O) groups excluding carboxylic acids is 4. The first-order chi connectivity index (χ1) is 25.3. The first-order valence-electron chi connectivity index (χ1n) is 18.5. The Morgan fingerprint density at radius 3 is 2.28 bits per heavy atom. The maximum atomic E-state index is 13.8. The van der Waals surface area contributed by atoms with E-state index in [1.807, 2.05) is 19.9 Å². The van der Waals surface area contributed by atoms with Crippen LogP contribution in [0.2, 0.25) is 5.02 Å². The minimum absolute atomic E-state index is 0.0105. The number of hydrogen-bond donors (Lipinski definition) is 1. The van der Waals surface area contributed by atoms with Gasteiger partial charge in [-0.2, -0.15) is 0 Å². The van der Waals surface area contributed by atoms with E-state index in [1.54, 1.807) is 31.2 Å². The summed E-state index contributed by atoms with van der Waals surface area (Å²) in [6.45, 7) is 14.4. The van der Waals surface area contributed by atoms with Crippen molar-refractivity contribution >= 4 is 46.6 Å². The standard InChI is InChI=1S/C40H49ClO12S/c1-21-19-39(46)29-15-17-35(5)27(16-18-38(20-49-30(44)14-13-28(35)38)22(2)53-54(47)26-11-9-25(41)10-12-26)36(29,6)32(50-23(3)42)33(51-24(4)43)37(39,7)40(31(21)52-40)34(45)48-8/h9-14,22,27-29,31-33,46H,1,15-20H2,2-8H3/t22?,27?,28-,29?,31+,32+,33-,35+,36+,37+,38-,39+,40-,54?/m0/s1. The van der Waals surface area contributed by atoms with Crippen molar-refractivity contribution in [2.75, 3.05) is 13.7 Å². The highest BCUT2D eigenvalue weighted by Gasteiger charge is 2.90. The fourth-order valence-corrected chi connectivity index (χ4v) is 13.4. The van der Waals surface area contributed by atoms with Gasteiger partial charge < -0.3 is 28.8 Å². The molecule has 0 spiro atoms. The first-order valence-corrected chi connectivity index (χ1v) is 19.9. The number of epoxide rings is 1. The van der Waals surface area contributed by atoms with Crippen LogP contribution < -0.4 is 0 Å². The first kappa shape index (κ1) is 39.1. The van der Waals surface area contributed by atoms with E-state index >= 15 is 0 Å². The zero-order valence-electron chi connectivity index (χ0n) is 31.7. The molecule has 0 bridgehead atoms. The Morgan fingerprint density at radius 2 is 1.65 bits per heavy atom. The van der Waals surface area contributed by atoms with Crippen molar-refractivity contribution in [2.45, 2.75) is 114 Å². The third-order valence-electron chi connectivity index (χ3n) is 14.7. The molecule has 12 nitrogen and oxygen atoms in total. The quantitative estimate of drug-likeness (QED) is 0.167. The number of fused-ring (bicyclic) bond motifs is 9. The van der Waals surface area contributed by atoms with Gasteiger partial charge in [-0.05, 0) is 92.5 Å². The molecule has 1 saturated heterocycles. The molecule has 2 aliphatic heterocycles. The summed E-state index contributed by atoms with van der Waals surface area (Å²) >= 11 is 4.21. The molecule has 14 heteroatoms. The SMILES string of the molecule is C=C1C[C@@]2(O)C3CC[C@]4(C)C(CC[C@@]5(C(C)OS(=O)c6ccc(Cl)cc6)COC(=O)C=C[C@H]54)[C@@]3(C)[C@H](OC(C)=O)[C@H](OC(C)=O)[C@@]2(C)[C@]2(C(=O)OC)O[C@H]12. The highest BCUT2D eigenvalue weighted by molar-refractivity contribution is 7.80. The molecule has 0 radical (unpaired) electrons. The predicted molar refractivity (Wildman–Crippen MR) is 194 cm³/mol. The van der Waals surface area contributed by atoms with E-state index in [-0.39, 0.29) is 24.9 Å². The third kappa shape index (κ3) is 5.13. The molecule has 1 N–H and O–H groups in total. The number of esters is 4. The fraction of sp³-hybridized carbons (Fsp3) is 0.650. The maximum Gasteiger partial charge on any atom is 0.342 e. The summed E-state index contributed by atoms with van der Waals surface area (Å²) in [5.74, 6) is -3.85. The summed E-state index contributed by atoms with van der Waals surface area (Å²) in [4.78, 5) is 53.4. The number of rotatable bonds is 7. The van der Waals surface area contributed by atoms with Crippen LogP contribution in [0.5, 0.6) is 0 Å². The van der Waals surface area contributed by atoms with Crippen molar-refractivity contribution < 1.29 is 56.4 Å². The number of benzene rings is 1. The molecule has 14 atom stereocenters. The Bertz CT molecular complexity index is 1850. The average Bonchev–Trinajstić information content (AvgIpc) is 3.90. The number of halogens is 1. The number of hydrogen-bond acceptors (Lipinski definition) is 12. The van der Waals surface area contributed by atoms with E-state index in [9.17, 15) is 28.5 Å². The smallest absolute Gasteiger partial charge is 0.342 e. The van der Waals surface area contributed by atoms with Crippen LogP contribution in [0.4, 0.5) is 0 Å². The number of cyclic esters (lactones) is 1. The highest BCUT2D eigenvalue weighted by Crippen LogP contribution is 2.78. The Hall–Kier alpha value is -3.10. The summed E-state index contributed by atoms with van der Waals surface area (Å²) in [5, 5.41) is 13.9. The van der Waals surface area contributed by atoms with Crippen LogP contribution in [-0.2, 0) is 58.1 Å².